The number of H-pyrrole nitrogens is 1. The molecule has 2 heterocycles. The van der Waals surface area contributed by atoms with E-state index in [2.05, 4.69) is 47.7 Å². The molecule has 2 aromatic heterocycles. The lowest BCUT2D eigenvalue weighted by Gasteiger charge is -2.14. The third-order valence-electron chi connectivity index (χ3n) is 4.13. The van der Waals surface area contributed by atoms with Crippen LogP contribution in [0.1, 0.15) is 49.8 Å². The summed E-state index contributed by atoms with van der Waals surface area (Å²) in [5, 5.41) is 7.55. The van der Waals surface area contributed by atoms with Gasteiger partial charge in [0, 0.05) is 18.8 Å². The molecular formula is C17H23N5. The highest BCUT2D eigenvalue weighted by Gasteiger charge is 2.22. The number of rotatable bonds is 5. The maximum Gasteiger partial charge on any atom is 0.120 e. The second kappa shape index (κ2) is 5.93. The lowest BCUT2D eigenvalue weighted by Crippen LogP contribution is -2.19. The maximum atomic E-state index is 6.07. The number of nitrogens with zero attached hydrogens (tertiary/aromatic N) is 3. The van der Waals surface area contributed by atoms with Crippen molar-refractivity contribution in [1.29, 1.82) is 0 Å². The van der Waals surface area contributed by atoms with Gasteiger partial charge in [-0.3, -0.25) is 5.10 Å². The van der Waals surface area contributed by atoms with Gasteiger partial charge in [-0.1, -0.05) is 26.0 Å². The molecule has 0 aliphatic carbocycles. The Balaban J connectivity index is 2.09. The van der Waals surface area contributed by atoms with E-state index in [4.69, 9.17) is 10.7 Å². The molecule has 0 fully saturated rings. The van der Waals surface area contributed by atoms with Crippen molar-refractivity contribution in [3.05, 3.63) is 47.5 Å². The summed E-state index contributed by atoms with van der Waals surface area (Å²) in [5.74, 6) is 1.44. The molecule has 1 unspecified atom stereocenters. The van der Waals surface area contributed by atoms with Crippen molar-refractivity contribution in [2.24, 2.45) is 5.73 Å². The molecule has 116 valence electrons. The van der Waals surface area contributed by atoms with Crippen LogP contribution in [0.2, 0.25) is 0 Å². The van der Waals surface area contributed by atoms with Crippen LogP contribution in [0.3, 0.4) is 0 Å². The first-order valence-corrected chi connectivity index (χ1v) is 7.86. The van der Waals surface area contributed by atoms with Gasteiger partial charge in [0.15, 0.2) is 0 Å². The molecule has 0 aliphatic heterocycles. The number of aryl methyl sites for hydroxylation is 1. The largest absolute Gasteiger partial charge is 0.329 e. The van der Waals surface area contributed by atoms with Gasteiger partial charge in [0.1, 0.15) is 5.82 Å². The zero-order valence-corrected chi connectivity index (χ0v) is 13.4. The number of nitrogens with two attached hydrogens (primary N) is 1. The average molecular weight is 297 g/mol. The Morgan fingerprint density at radius 3 is 2.68 bits per heavy atom. The van der Waals surface area contributed by atoms with Gasteiger partial charge >= 0.3 is 0 Å². The summed E-state index contributed by atoms with van der Waals surface area (Å²) in [6, 6.07) is 10.3. The van der Waals surface area contributed by atoms with E-state index >= 15 is 0 Å². The van der Waals surface area contributed by atoms with E-state index < -0.39 is 0 Å². The van der Waals surface area contributed by atoms with Crippen LogP contribution in [0.5, 0.6) is 0 Å². The van der Waals surface area contributed by atoms with Gasteiger partial charge in [0.05, 0.1) is 22.6 Å². The predicted molar refractivity (Wildman–Crippen MR) is 89.0 cm³/mol. The highest BCUT2D eigenvalue weighted by atomic mass is 15.1. The van der Waals surface area contributed by atoms with E-state index in [1.165, 1.54) is 0 Å². The molecule has 5 nitrogen and oxygen atoms in total. The van der Waals surface area contributed by atoms with Crippen LogP contribution in [0.25, 0.3) is 11.0 Å². The number of imidazole rings is 1. The molecule has 0 spiro atoms. The van der Waals surface area contributed by atoms with Crippen molar-refractivity contribution < 1.29 is 0 Å². The molecule has 0 aliphatic rings. The first kappa shape index (κ1) is 14.8. The van der Waals surface area contributed by atoms with E-state index in [1.807, 2.05) is 18.2 Å². The second-order valence-electron chi connectivity index (χ2n) is 5.89. The van der Waals surface area contributed by atoms with Crippen LogP contribution >= 0.6 is 0 Å². The van der Waals surface area contributed by atoms with Gasteiger partial charge < -0.3 is 10.3 Å². The summed E-state index contributed by atoms with van der Waals surface area (Å²) in [4.78, 5) is 4.82. The molecule has 5 heteroatoms. The van der Waals surface area contributed by atoms with Crippen LogP contribution in [0.4, 0.5) is 0 Å². The number of para-hydroxylation sites is 2. The van der Waals surface area contributed by atoms with Gasteiger partial charge in [-0.15, -0.1) is 0 Å². The summed E-state index contributed by atoms with van der Waals surface area (Å²) in [6.07, 6.45) is 0. The normalized spacial score (nSPS) is 13.1. The fourth-order valence-corrected chi connectivity index (χ4v) is 2.89. The monoisotopic (exact) mass is 297 g/mol. The average Bonchev–Trinajstić information content (AvgIpc) is 3.13. The van der Waals surface area contributed by atoms with E-state index in [0.717, 1.165) is 34.8 Å². The Hall–Kier alpha value is -2.14. The van der Waals surface area contributed by atoms with Crippen LogP contribution in [-0.4, -0.2) is 26.3 Å². The molecule has 0 bridgehead atoms. The number of fused-ring (bicyclic) bond motifs is 1. The third-order valence-corrected chi connectivity index (χ3v) is 4.13. The number of benzene rings is 1. The quantitative estimate of drug-likeness (QED) is 0.760. The number of hydrogen-bond donors (Lipinski definition) is 2. The minimum Gasteiger partial charge on any atom is -0.329 e. The first-order valence-electron chi connectivity index (χ1n) is 7.86. The standard InChI is InChI=1S/C17H23N5/c1-4-22-16-8-6-5-7-13(16)19-17(22)12(10-18)15-9-14(11(2)3)20-21-15/h5-9,11-12H,4,10,18H2,1-3H3,(H,20,21). The Morgan fingerprint density at radius 2 is 2.05 bits per heavy atom. The van der Waals surface area contributed by atoms with Crippen molar-refractivity contribution in [3.63, 3.8) is 0 Å². The molecule has 1 atom stereocenters. The highest BCUT2D eigenvalue weighted by Crippen LogP contribution is 2.27. The summed E-state index contributed by atoms with van der Waals surface area (Å²) < 4.78 is 2.24. The Kier molecular flexibility index (Phi) is 3.98. The van der Waals surface area contributed by atoms with Crippen LogP contribution in [0, 0.1) is 0 Å². The van der Waals surface area contributed by atoms with Crippen LogP contribution < -0.4 is 5.73 Å². The Labute approximate surface area is 130 Å². The lowest BCUT2D eigenvalue weighted by molar-refractivity contribution is 0.648. The lowest BCUT2D eigenvalue weighted by atomic mass is 10.0. The highest BCUT2D eigenvalue weighted by molar-refractivity contribution is 5.76. The molecule has 1 aromatic carbocycles. The fourth-order valence-electron chi connectivity index (χ4n) is 2.89. The number of aromatic amines is 1. The number of aromatic nitrogens is 4. The van der Waals surface area contributed by atoms with Gasteiger partial charge in [-0.2, -0.15) is 5.10 Å². The molecule has 3 N–H and O–H groups in total. The molecule has 0 amide bonds. The summed E-state index contributed by atoms with van der Waals surface area (Å²) in [5.41, 5.74) is 10.3. The minimum atomic E-state index is 0.0346. The molecule has 0 saturated carbocycles. The van der Waals surface area contributed by atoms with E-state index in [9.17, 15) is 0 Å². The number of nitrogens with one attached hydrogen (secondary N) is 1. The van der Waals surface area contributed by atoms with Gasteiger partial charge in [-0.25, -0.2) is 4.98 Å². The van der Waals surface area contributed by atoms with Crippen LogP contribution in [0.15, 0.2) is 30.3 Å². The molecule has 22 heavy (non-hydrogen) atoms. The summed E-state index contributed by atoms with van der Waals surface area (Å²) in [6.45, 7) is 7.79. The second-order valence-corrected chi connectivity index (χ2v) is 5.89. The van der Waals surface area contributed by atoms with Crippen molar-refractivity contribution in [2.75, 3.05) is 6.54 Å². The molecule has 0 saturated heterocycles. The summed E-state index contributed by atoms with van der Waals surface area (Å²) in [7, 11) is 0. The fraction of sp³-hybridized carbons (Fsp3) is 0.412. The Morgan fingerprint density at radius 1 is 1.27 bits per heavy atom. The van der Waals surface area contributed by atoms with Crippen molar-refractivity contribution in [2.45, 2.75) is 39.2 Å². The van der Waals surface area contributed by atoms with Crippen molar-refractivity contribution in [1.82, 2.24) is 19.7 Å². The van der Waals surface area contributed by atoms with E-state index in [-0.39, 0.29) is 5.92 Å². The Bertz CT molecular complexity index is 768. The molecule has 3 rings (SSSR count). The maximum absolute atomic E-state index is 6.07. The van der Waals surface area contributed by atoms with Crippen molar-refractivity contribution in [3.8, 4) is 0 Å². The van der Waals surface area contributed by atoms with E-state index in [0.29, 0.717) is 12.5 Å². The topological polar surface area (TPSA) is 72.5 Å². The molecular weight excluding hydrogens is 274 g/mol. The van der Waals surface area contributed by atoms with Crippen LogP contribution in [-0.2, 0) is 6.54 Å². The number of hydrogen-bond acceptors (Lipinski definition) is 3. The van der Waals surface area contributed by atoms with Gasteiger partial charge in [0.2, 0.25) is 0 Å². The van der Waals surface area contributed by atoms with Crippen molar-refractivity contribution >= 4 is 11.0 Å². The zero-order chi connectivity index (χ0) is 15.7. The van der Waals surface area contributed by atoms with E-state index in [1.54, 1.807) is 0 Å². The first-order chi connectivity index (χ1) is 10.7. The smallest absolute Gasteiger partial charge is 0.120 e. The zero-order valence-electron chi connectivity index (χ0n) is 13.4. The predicted octanol–water partition coefficient (Wildman–Crippen LogP) is 2.99. The molecule has 3 aromatic rings. The molecule has 0 radical (unpaired) electrons. The van der Waals surface area contributed by atoms with Gasteiger partial charge in [0.25, 0.3) is 0 Å². The summed E-state index contributed by atoms with van der Waals surface area (Å²) >= 11 is 0. The minimum absolute atomic E-state index is 0.0346. The SMILES string of the molecule is CCn1c(C(CN)c2cc(C(C)C)n[nH]2)nc2ccccc21. The third kappa shape index (κ3) is 2.41. The van der Waals surface area contributed by atoms with Gasteiger partial charge in [-0.05, 0) is 31.0 Å².